The predicted octanol–water partition coefficient (Wildman–Crippen LogP) is 1.89. The molecule has 0 fully saturated rings. The fourth-order valence-corrected chi connectivity index (χ4v) is 3.08. The lowest BCUT2D eigenvalue weighted by atomic mass is 9.93. The molecule has 1 amide bonds. The summed E-state index contributed by atoms with van der Waals surface area (Å²) < 4.78 is 2.33. The van der Waals surface area contributed by atoms with E-state index in [4.69, 9.17) is 0 Å². The van der Waals surface area contributed by atoms with Crippen molar-refractivity contribution in [3.05, 3.63) is 23.7 Å². The zero-order chi connectivity index (χ0) is 13.9. The maximum absolute atomic E-state index is 11.7. The van der Waals surface area contributed by atoms with Crippen LogP contribution in [-0.4, -0.2) is 31.5 Å². The number of rotatable bonds is 4. The van der Waals surface area contributed by atoms with E-state index in [-0.39, 0.29) is 11.3 Å². The van der Waals surface area contributed by atoms with Crippen molar-refractivity contribution in [1.82, 2.24) is 19.9 Å². The second kappa shape index (κ2) is 5.70. The molecule has 6 nitrogen and oxygen atoms in total. The number of thiazole rings is 1. The topological polar surface area (TPSA) is 72.7 Å². The molecule has 2 aromatic rings. The molecule has 0 aliphatic rings. The van der Waals surface area contributed by atoms with E-state index in [9.17, 15) is 4.79 Å². The molecule has 0 atom stereocenters. The van der Waals surface area contributed by atoms with Crippen LogP contribution in [0.4, 0.5) is 0 Å². The summed E-state index contributed by atoms with van der Waals surface area (Å²) in [4.78, 5) is 16.2. The van der Waals surface area contributed by atoms with Crippen LogP contribution in [0.1, 0.15) is 26.5 Å². The van der Waals surface area contributed by atoms with Gasteiger partial charge in [-0.05, 0) is 0 Å². The standard InChI is InChI=1S/C11H15N5OS2/c1-11(2,3)8-4-18-10(14-8)19-5-9(17)15-16-6-12-13-7-16/h4,6-7H,5H2,1-3H3,(H,15,17). The van der Waals surface area contributed by atoms with Gasteiger partial charge in [-0.2, -0.15) is 0 Å². The molecule has 0 aliphatic heterocycles. The van der Waals surface area contributed by atoms with E-state index in [1.54, 1.807) is 11.3 Å². The minimum Gasteiger partial charge on any atom is -0.272 e. The van der Waals surface area contributed by atoms with Gasteiger partial charge in [0.2, 0.25) is 5.91 Å². The van der Waals surface area contributed by atoms with Crippen molar-refractivity contribution in [3.8, 4) is 0 Å². The molecule has 0 saturated carbocycles. The summed E-state index contributed by atoms with van der Waals surface area (Å²) in [7, 11) is 0. The van der Waals surface area contributed by atoms with E-state index < -0.39 is 0 Å². The third kappa shape index (κ3) is 4.03. The molecule has 102 valence electrons. The highest BCUT2D eigenvalue weighted by molar-refractivity contribution is 8.01. The highest BCUT2D eigenvalue weighted by atomic mass is 32.2. The van der Waals surface area contributed by atoms with Crippen LogP contribution in [0, 0.1) is 0 Å². The van der Waals surface area contributed by atoms with Crippen LogP contribution in [0.5, 0.6) is 0 Å². The van der Waals surface area contributed by atoms with Gasteiger partial charge < -0.3 is 0 Å². The molecular formula is C11H15N5OS2. The summed E-state index contributed by atoms with van der Waals surface area (Å²) in [5.41, 5.74) is 3.73. The maximum Gasteiger partial charge on any atom is 0.249 e. The third-order valence-corrected chi connectivity index (χ3v) is 4.27. The molecular weight excluding hydrogens is 282 g/mol. The van der Waals surface area contributed by atoms with Gasteiger partial charge in [0.25, 0.3) is 0 Å². The molecule has 0 aliphatic carbocycles. The number of aromatic nitrogens is 4. The second-order valence-corrected chi connectivity index (χ2v) is 7.02. The first kappa shape index (κ1) is 14.0. The Morgan fingerprint density at radius 2 is 2.11 bits per heavy atom. The average molecular weight is 297 g/mol. The number of carbonyl (C=O) groups excluding carboxylic acids is 1. The molecule has 0 spiro atoms. The Morgan fingerprint density at radius 1 is 1.42 bits per heavy atom. The molecule has 0 saturated heterocycles. The van der Waals surface area contributed by atoms with E-state index in [2.05, 4.69) is 41.4 Å². The fraction of sp³-hybridized carbons (Fsp3) is 0.455. The smallest absolute Gasteiger partial charge is 0.249 e. The molecule has 0 aromatic carbocycles. The molecule has 8 heteroatoms. The van der Waals surface area contributed by atoms with Gasteiger partial charge >= 0.3 is 0 Å². The number of hydrogen-bond donors (Lipinski definition) is 1. The minimum absolute atomic E-state index is 0.0417. The number of thioether (sulfide) groups is 1. The highest BCUT2D eigenvalue weighted by Gasteiger charge is 2.17. The average Bonchev–Trinajstić information content (AvgIpc) is 2.95. The molecule has 0 unspecified atom stereocenters. The monoisotopic (exact) mass is 297 g/mol. The maximum atomic E-state index is 11.7. The summed E-state index contributed by atoms with van der Waals surface area (Å²) in [6.07, 6.45) is 2.87. The van der Waals surface area contributed by atoms with Crippen LogP contribution in [0.15, 0.2) is 22.4 Å². The Bertz CT molecular complexity index is 544. The van der Waals surface area contributed by atoms with Crippen LogP contribution in [-0.2, 0) is 10.2 Å². The van der Waals surface area contributed by atoms with Crippen LogP contribution >= 0.6 is 23.1 Å². The van der Waals surface area contributed by atoms with Crippen molar-refractivity contribution in [2.75, 3.05) is 11.2 Å². The molecule has 2 heterocycles. The van der Waals surface area contributed by atoms with Gasteiger partial charge in [0.05, 0.1) is 11.4 Å². The molecule has 2 rings (SSSR count). The van der Waals surface area contributed by atoms with Gasteiger partial charge in [-0.3, -0.25) is 10.2 Å². The van der Waals surface area contributed by atoms with Crippen molar-refractivity contribution >= 4 is 29.0 Å². The van der Waals surface area contributed by atoms with Gasteiger partial charge in [0, 0.05) is 10.8 Å². The van der Waals surface area contributed by atoms with E-state index in [0.717, 1.165) is 10.0 Å². The second-order valence-electron chi connectivity index (χ2n) is 4.94. The molecule has 1 N–H and O–H groups in total. The van der Waals surface area contributed by atoms with E-state index in [1.807, 2.05) is 5.38 Å². The first-order chi connectivity index (χ1) is 8.95. The lowest BCUT2D eigenvalue weighted by Gasteiger charge is -2.14. The Balaban J connectivity index is 1.85. The third-order valence-electron chi connectivity index (χ3n) is 2.25. The minimum atomic E-state index is -0.114. The fourth-order valence-electron chi connectivity index (χ4n) is 1.23. The number of amides is 1. The lowest BCUT2D eigenvalue weighted by molar-refractivity contribution is -0.114. The Kier molecular flexibility index (Phi) is 4.20. The van der Waals surface area contributed by atoms with Crippen molar-refractivity contribution in [3.63, 3.8) is 0 Å². The number of nitrogens with one attached hydrogen (secondary N) is 1. The first-order valence-electron chi connectivity index (χ1n) is 5.68. The number of hydrogen-bond acceptors (Lipinski definition) is 6. The van der Waals surface area contributed by atoms with E-state index in [1.165, 1.54) is 29.1 Å². The molecule has 19 heavy (non-hydrogen) atoms. The van der Waals surface area contributed by atoms with Crippen molar-refractivity contribution < 1.29 is 4.79 Å². The summed E-state index contributed by atoms with van der Waals surface area (Å²) in [5, 5.41) is 9.25. The van der Waals surface area contributed by atoms with Crippen LogP contribution < -0.4 is 5.43 Å². The van der Waals surface area contributed by atoms with Crippen molar-refractivity contribution in [2.45, 2.75) is 30.5 Å². The normalized spacial score (nSPS) is 11.5. The molecule has 0 radical (unpaired) electrons. The first-order valence-corrected chi connectivity index (χ1v) is 7.55. The van der Waals surface area contributed by atoms with Crippen LogP contribution in [0.25, 0.3) is 0 Å². The Hall–Kier alpha value is -1.41. The lowest BCUT2D eigenvalue weighted by Crippen LogP contribution is -2.23. The van der Waals surface area contributed by atoms with Gasteiger partial charge in [-0.1, -0.05) is 32.5 Å². The quantitative estimate of drug-likeness (QED) is 0.873. The van der Waals surface area contributed by atoms with Gasteiger partial charge in [0.15, 0.2) is 4.34 Å². The SMILES string of the molecule is CC(C)(C)c1csc(SCC(=O)Nn2cnnc2)n1. The highest BCUT2D eigenvalue weighted by Crippen LogP contribution is 2.28. The largest absolute Gasteiger partial charge is 0.272 e. The predicted molar refractivity (Wildman–Crippen MR) is 75.9 cm³/mol. The zero-order valence-corrected chi connectivity index (χ0v) is 12.6. The van der Waals surface area contributed by atoms with Gasteiger partial charge in [-0.25, -0.2) is 9.66 Å². The van der Waals surface area contributed by atoms with Crippen molar-refractivity contribution in [1.29, 1.82) is 0 Å². The summed E-state index contributed by atoms with van der Waals surface area (Å²) in [5.74, 6) is 0.201. The summed E-state index contributed by atoms with van der Waals surface area (Å²) in [6.45, 7) is 6.36. The number of carbonyl (C=O) groups is 1. The van der Waals surface area contributed by atoms with Gasteiger partial charge in [-0.15, -0.1) is 21.5 Å². The van der Waals surface area contributed by atoms with Crippen LogP contribution in [0.2, 0.25) is 0 Å². The van der Waals surface area contributed by atoms with E-state index >= 15 is 0 Å². The Labute approximate surface area is 119 Å². The Morgan fingerprint density at radius 3 is 2.68 bits per heavy atom. The summed E-state index contributed by atoms with van der Waals surface area (Å²) in [6, 6.07) is 0. The van der Waals surface area contributed by atoms with Crippen molar-refractivity contribution in [2.24, 2.45) is 0 Å². The van der Waals surface area contributed by atoms with Crippen LogP contribution in [0.3, 0.4) is 0 Å². The van der Waals surface area contributed by atoms with E-state index in [0.29, 0.717) is 5.75 Å². The zero-order valence-electron chi connectivity index (χ0n) is 11.0. The molecule has 2 aromatic heterocycles. The van der Waals surface area contributed by atoms with Gasteiger partial charge in [0.1, 0.15) is 12.7 Å². The molecule has 0 bridgehead atoms. The summed E-state index contributed by atoms with van der Waals surface area (Å²) >= 11 is 3.00. The number of nitrogens with zero attached hydrogens (tertiary/aromatic N) is 4.